The van der Waals surface area contributed by atoms with Crippen molar-refractivity contribution >= 4 is 5.97 Å². The van der Waals surface area contributed by atoms with Gasteiger partial charge in [-0.2, -0.15) is 0 Å². The zero-order chi connectivity index (χ0) is 15.9. The molecule has 0 spiro atoms. The summed E-state index contributed by atoms with van der Waals surface area (Å²) in [4.78, 5) is 11.5. The molecule has 0 aromatic carbocycles. The number of aliphatic hydroxyl groups excluding tert-OH is 1. The molecule has 124 valence electrons. The van der Waals surface area contributed by atoms with Crippen LogP contribution in [0.3, 0.4) is 0 Å². The molecule has 0 rings (SSSR count). The van der Waals surface area contributed by atoms with E-state index in [-0.39, 0.29) is 19.8 Å². The average molecular weight is 304 g/mol. The van der Waals surface area contributed by atoms with Gasteiger partial charge in [-0.15, -0.1) is 0 Å². The molecule has 0 fully saturated rings. The first-order valence-electron chi connectivity index (χ1n) is 7.36. The molecule has 0 aliphatic carbocycles. The third-order valence-electron chi connectivity index (χ3n) is 2.50. The number of ether oxygens (including phenoxy) is 4. The lowest BCUT2D eigenvalue weighted by molar-refractivity contribution is -0.188. The van der Waals surface area contributed by atoms with E-state index in [4.69, 9.17) is 24.1 Å². The van der Waals surface area contributed by atoms with E-state index >= 15 is 0 Å². The number of aliphatic hydroxyl groups is 1. The zero-order valence-corrected chi connectivity index (χ0v) is 13.1. The van der Waals surface area contributed by atoms with Crippen molar-refractivity contribution in [2.45, 2.75) is 39.4 Å². The van der Waals surface area contributed by atoms with Crippen LogP contribution < -0.4 is 0 Å². The number of carbonyl (C=O) groups excluding carboxylic acids is 1. The van der Waals surface area contributed by atoms with E-state index in [9.17, 15) is 4.79 Å². The van der Waals surface area contributed by atoms with E-state index in [1.54, 1.807) is 6.92 Å². The largest absolute Gasteiger partial charge is 0.430 e. The molecule has 0 aromatic heterocycles. The summed E-state index contributed by atoms with van der Waals surface area (Å²) in [6, 6.07) is 0. The maximum absolute atomic E-state index is 11.5. The van der Waals surface area contributed by atoms with Crippen LogP contribution in [0, 0.1) is 0 Å². The highest BCUT2D eigenvalue weighted by Gasteiger charge is 2.15. The Balaban J connectivity index is 3.94. The Bertz CT molecular complexity index is 279. The third kappa shape index (κ3) is 12.5. The van der Waals surface area contributed by atoms with Crippen LogP contribution in [0.15, 0.2) is 12.2 Å². The number of hydrogen-bond donors (Lipinski definition) is 1. The highest BCUT2D eigenvalue weighted by molar-refractivity contribution is 5.87. The lowest BCUT2D eigenvalue weighted by atomic mass is 10.3. The summed E-state index contributed by atoms with van der Waals surface area (Å²) in [5, 5.41) is 8.55. The molecule has 6 nitrogen and oxygen atoms in total. The number of carbonyl (C=O) groups is 1. The first kappa shape index (κ1) is 20.1. The fourth-order valence-electron chi connectivity index (χ4n) is 1.37. The van der Waals surface area contributed by atoms with Crippen molar-refractivity contribution in [3.8, 4) is 0 Å². The van der Waals surface area contributed by atoms with Crippen molar-refractivity contribution in [3.05, 3.63) is 12.2 Å². The summed E-state index contributed by atoms with van der Waals surface area (Å²) in [5.41, 5.74) is 0.323. The smallest absolute Gasteiger partial charge is 0.335 e. The van der Waals surface area contributed by atoms with Gasteiger partial charge in [-0.05, 0) is 13.3 Å². The van der Waals surface area contributed by atoms with Gasteiger partial charge in [0.2, 0.25) is 6.29 Å². The van der Waals surface area contributed by atoms with Gasteiger partial charge >= 0.3 is 5.97 Å². The molecule has 1 N–H and O–H groups in total. The summed E-state index contributed by atoms with van der Waals surface area (Å²) in [6.45, 7) is 8.88. The second-order valence-electron chi connectivity index (χ2n) is 4.60. The van der Waals surface area contributed by atoms with Gasteiger partial charge < -0.3 is 24.1 Å². The zero-order valence-electron chi connectivity index (χ0n) is 13.1. The molecule has 0 saturated carbocycles. The number of esters is 1. The molecule has 0 bridgehead atoms. The molecule has 0 aromatic rings. The maximum atomic E-state index is 11.5. The van der Waals surface area contributed by atoms with Gasteiger partial charge in [0, 0.05) is 5.57 Å². The van der Waals surface area contributed by atoms with Crippen LogP contribution in [0.25, 0.3) is 0 Å². The summed E-state index contributed by atoms with van der Waals surface area (Å²) in [6.07, 6.45) is 2.34. The van der Waals surface area contributed by atoms with Crippen molar-refractivity contribution < 1.29 is 28.8 Å². The molecule has 0 amide bonds. The number of hydrogen-bond acceptors (Lipinski definition) is 6. The number of unbranched alkanes of at least 4 members (excludes halogenated alkanes) is 2. The van der Waals surface area contributed by atoms with Crippen molar-refractivity contribution in [2.24, 2.45) is 0 Å². The predicted octanol–water partition coefficient (Wildman–Crippen LogP) is 1.66. The minimum Gasteiger partial charge on any atom is -0.430 e. The predicted molar refractivity (Wildman–Crippen MR) is 78.9 cm³/mol. The molecule has 0 radical (unpaired) electrons. The lowest BCUT2D eigenvalue weighted by Crippen LogP contribution is -2.28. The van der Waals surface area contributed by atoms with Gasteiger partial charge in [-0.1, -0.05) is 26.3 Å². The van der Waals surface area contributed by atoms with E-state index in [0.717, 1.165) is 19.3 Å². The Morgan fingerprint density at radius 3 is 2.48 bits per heavy atom. The third-order valence-corrected chi connectivity index (χ3v) is 2.50. The second-order valence-corrected chi connectivity index (χ2v) is 4.60. The number of rotatable bonds is 14. The Labute approximate surface area is 127 Å². The Kier molecular flexibility index (Phi) is 13.4. The molecule has 0 saturated heterocycles. The fraction of sp³-hybridized carbons (Fsp3) is 0.800. The van der Waals surface area contributed by atoms with Crippen LogP contribution in [-0.2, 0) is 23.7 Å². The highest BCUT2D eigenvalue weighted by Crippen LogP contribution is 2.04. The molecule has 0 aliphatic heterocycles. The highest BCUT2D eigenvalue weighted by atomic mass is 16.7. The molecular weight excluding hydrogens is 276 g/mol. The van der Waals surface area contributed by atoms with Crippen LogP contribution in [0.5, 0.6) is 0 Å². The Morgan fingerprint density at radius 2 is 1.86 bits per heavy atom. The van der Waals surface area contributed by atoms with Gasteiger partial charge in [-0.25, -0.2) is 4.79 Å². The topological polar surface area (TPSA) is 74.2 Å². The fourth-order valence-corrected chi connectivity index (χ4v) is 1.37. The average Bonchev–Trinajstić information content (AvgIpc) is 2.46. The van der Waals surface area contributed by atoms with Crippen LogP contribution in [0.1, 0.15) is 33.1 Å². The van der Waals surface area contributed by atoms with Crippen molar-refractivity contribution in [1.29, 1.82) is 0 Å². The summed E-state index contributed by atoms with van der Waals surface area (Å²) in [7, 11) is 0. The quantitative estimate of drug-likeness (QED) is 0.228. The van der Waals surface area contributed by atoms with E-state index in [2.05, 4.69) is 13.5 Å². The van der Waals surface area contributed by atoms with Crippen molar-refractivity contribution in [1.82, 2.24) is 0 Å². The van der Waals surface area contributed by atoms with Gasteiger partial charge in [-0.3, -0.25) is 0 Å². The molecule has 21 heavy (non-hydrogen) atoms. The summed E-state index contributed by atoms with van der Waals surface area (Å²) >= 11 is 0. The second kappa shape index (κ2) is 14.0. The van der Waals surface area contributed by atoms with E-state index in [0.29, 0.717) is 25.4 Å². The summed E-state index contributed by atoms with van der Waals surface area (Å²) < 4.78 is 21.1. The molecule has 0 aliphatic rings. The van der Waals surface area contributed by atoms with Gasteiger partial charge in [0.15, 0.2) is 0 Å². The van der Waals surface area contributed by atoms with E-state index in [1.807, 2.05) is 0 Å². The Hall–Kier alpha value is -0.950. The van der Waals surface area contributed by atoms with Crippen LogP contribution in [0.4, 0.5) is 0 Å². The SMILES string of the molecule is C=C(C)C(=O)OC(COCCOCCO)OCCCCC. The lowest BCUT2D eigenvalue weighted by Gasteiger charge is -2.18. The first-order valence-corrected chi connectivity index (χ1v) is 7.36. The molecule has 1 unspecified atom stereocenters. The van der Waals surface area contributed by atoms with E-state index < -0.39 is 12.3 Å². The summed E-state index contributed by atoms with van der Waals surface area (Å²) in [5.74, 6) is -0.490. The molecular formula is C15H28O6. The first-order chi connectivity index (χ1) is 10.1. The molecule has 1 atom stereocenters. The minimum absolute atomic E-state index is 0.0145. The molecule has 0 heterocycles. The van der Waals surface area contributed by atoms with Crippen molar-refractivity contribution in [2.75, 3.05) is 39.6 Å². The van der Waals surface area contributed by atoms with Crippen molar-refractivity contribution in [3.63, 3.8) is 0 Å². The molecule has 6 heteroatoms. The van der Waals surface area contributed by atoms with Crippen LogP contribution in [0.2, 0.25) is 0 Å². The Morgan fingerprint density at radius 1 is 1.14 bits per heavy atom. The van der Waals surface area contributed by atoms with Gasteiger partial charge in [0.05, 0.1) is 33.0 Å². The normalized spacial score (nSPS) is 12.1. The van der Waals surface area contributed by atoms with Gasteiger partial charge in [0.1, 0.15) is 6.61 Å². The van der Waals surface area contributed by atoms with Gasteiger partial charge in [0.25, 0.3) is 0 Å². The minimum atomic E-state index is -0.733. The van der Waals surface area contributed by atoms with Crippen LogP contribution in [-0.4, -0.2) is 57.0 Å². The van der Waals surface area contributed by atoms with Crippen LogP contribution >= 0.6 is 0 Å². The monoisotopic (exact) mass is 304 g/mol. The van der Waals surface area contributed by atoms with E-state index in [1.165, 1.54) is 0 Å². The maximum Gasteiger partial charge on any atom is 0.335 e. The standard InChI is InChI=1S/C15H28O6/c1-4-5-6-8-20-14(21-15(17)13(2)3)12-19-11-10-18-9-7-16/h14,16H,2,4-12H2,1,3H3.